The standard InChI is InChI=1S/C12H29N3O7/c1-17-6-9(20-13)4-12(16,11(22-15)8-19-3)5-10(21-14)7-18-2/h9-11,16H,4-8,13-15H2,1-3H3. The Bertz CT molecular complexity index is 257. The molecule has 10 nitrogen and oxygen atoms in total. The molecule has 0 saturated carbocycles. The highest BCUT2D eigenvalue weighted by molar-refractivity contribution is 4.92. The molecule has 0 bridgehead atoms. The molecule has 0 saturated heterocycles. The van der Waals surface area contributed by atoms with Gasteiger partial charge in [-0.2, -0.15) is 0 Å². The number of ether oxygens (including phenoxy) is 3. The van der Waals surface area contributed by atoms with Crippen molar-refractivity contribution in [3.8, 4) is 0 Å². The SMILES string of the molecule is COCC(CC(O)(CC(COC)ON)C(COC)ON)ON. The molecule has 0 aromatic rings. The third kappa shape index (κ3) is 7.24. The molecular weight excluding hydrogens is 298 g/mol. The van der Waals surface area contributed by atoms with Gasteiger partial charge in [-0.05, 0) is 0 Å². The molecule has 0 aliphatic rings. The average Bonchev–Trinajstić information content (AvgIpc) is 2.51. The van der Waals surface area contributed by atoms with Crippen LogP contribution >= 0.6 is 0 Å². The van der Waals surface area contributed by atoms with Gasteiger partial charge in [-0.25, -0.2) is 17.7 Å². The molecule has 0 radical (unpaired) electrons. The van der Waals surface area contributed by atoms with Crippen molar-refractivity contribution < 1.29 is 33.8 Å². The number of rotatable bonds is 14. The van der Waals surface area contributed by atoms with Gasteiger partial charge in [0.2, 0.25) is 0 Å². The summed E-state index contributed by atoms with van der Waals surface area (Å²) in [6.45, 7) is 0.421. The van der Waals surface area contributed by atoms with E-state index in [2.05, 4.69) is 0 Å². The Morgan fingerprint density at radius 1 is 0.773 bits per heavy atom. The third-order valence-corrected chi connectivity index (χ3v) is 3.33. The van der Waals surface area contributed by atoms with E-state index in [4.69, 9.17) is 46.4 Å². The summed E-state index contributed by atoms with van der Waals surface area (Å²) in [4.78, 5) is 14.5. The molecule has 10 heteroatoms. The maximum atomic E-state index is 11.0. The van der Waals surface area contributed by atoms with E-state index in [1.807, 2.05) is 0 Å². The minimum Gasteiger partial charge on any atom is -0.387 e. The van der Waals surface area contributed by atoms with E-state index < -0.39 is 23.9 Å². The van der Waals surface area contributed by atoms with Gasteiger partial charge in [0.25, 0.3) is 0 Å². The Balaban J connectivity index is 5.15. The lowest BCUT2D eigenvalue weighted by Crippen LogP contribution is -2.53. The monoisotopic (exact) mass is 327 g/mol. The second-order valence-corrected chi connectivity index (χ2v) is 5.02. The predicted octanol–water partition coefficient (Wildman–Crippen LogP) is -1.79. The van der Waals surface area contributed by atoms with Crippen molar-refractivity contribution in [2.24, 2.45) is 17.7 Å². The summed E-state index contributed by atoms with van der Waals surface area (Å²) >= 11 is 0. The summed E-state index contributed by atoms with van der Waals surface area (Å²) in [5.74, 6) is 15.7. The van der Waals surface area contributed by atoms with E-state index in [1.165, 1.54) is 21.3 Å². The second-order valence-electron chi connectivity index (χ2n) is 5.02. The maximum absolute atomic E-state index is 11.0. The van der Waals surface area contributed by atoms with Gasteiger partial charge in [0.15, 0.2) is 0 Å². The Hall–Kier alpha value is -0.400. The first-order chi connectivity index (χ1) is 10.5. The zero-order valence-electron chi connectivity index (χ0n) is 13.4. The van der Waals surface area contributed by atoms with Crippen LogP contribution in [0.5, 0.6) is 0 Å². The van der Waals surface area contributed by atoms with Gasteiger partial charge in [-0.1, -0.05) is 0 Å². The van der Waals surface area contributed by atoms with Gasteiger partial charge in [0, 0.05) is 34.2 Å². The minimum absolute atomic E-state index is 0.0571. The van der Waals surface area contributed by atoms with Gasteiger partial charge in [0.05, 0.1) is 19.8 Å². The molecule has 0 aliphatic heterocycles. The lowest BCUT2D eigenvalue weighted by Gasteiger charge is -2.38. The van der Waals surface area contributed by atoms with Crippen LogP contribution in [-0.2, 0) is 28.7 Å². The molecule has 3 atom stereocenters. The maximum Gasteiger partial charge on any atom is 0.131 e. The topological polar surface area (TPSA) is 154 Å². The largest absolute Gasteiger partial charge is 0.387 e. The summed E-state index contributed by atoms with van der Waals surface area (Å²) in [5, 5.41) is 11.0. The average molecular weight is 327 g/mol. The van der Waals surface area contributed by atoms with Crippen LogP contribution in [-0.4, -0.2) is 70.2 Å². The van der Waals surface area contributed by atoms with E-state index in [-0.39, 0.29) is 32.7 Å². The lowest BCUT2D eigenvalue weighted by atomic mass is 9.85. The molecule has 0 heterocycles. The van der Waals surface area contributed by atoms with Crippen LogP contribution in [0, 0.1) is 0 Å². The number of methoxy groups -OCH3 is 3. The molecule has 0 aromatic carbocycles. The fraction of sp³-hybridized carbons (Fsp3) is 1.00. The summed E-state index contributed by atoms with van der Waals surface area (Å²) < 4.78 is 15.0. The van der Waals surface area contributed by atoms with E-state index in [0.29, 0.717) is 0 Å². The van der Waals surface area contributed by atoms with Gasteiger partial charge < -0.3 is 19.3 Å². The van der Waals surface area contributed by atoms with Crippen molar-refractivity contribution in [3.63, 3.8) is 0 Å². The number of nitrogens with two attached hydrogens (primary N) is 3. The summed E-state index contributed by atoms with van der Waals surface area (Å²) in [5.41, 5.74) is -1.48. The predicted molar refractivity (Wildman–Crippen MR) is 77.0 cm³/mol. The fourth-order valence-electron chi connectivity index (χ4n) is 2.27. The molecule has 134 valence electrons. The van der Waals surface area contributed by atoms with Crippen molar-refractivity contribution >= 4 is 0 Å². The normalized spacial score (nSPS) is 18.7. The van der Waals surface area contributed by atoms with E-state index in [0.717, 1.165) is 0 Å². The first-order valence-electron chi connectivity index (χ1n) is 6.77. The highest BCUT2D eigenvalue weighted by Crippen LogP contribution is 2.27. The van der Waals surface area contributed by atoms with Gasteiger partial charge >= 0.3 is 0 Å². The molecule has 0 aromatic heterocycles. The molecule has 0 aliphatic carbocycles. The van der Waals surface area contributed by atoms with Gasteiger partial charge in [-0.15, -0.1) is 0 Å². The van der Waals surface area contributed by atoms with E-state index >= 15 is 0 Å². The Morgan fingerprint density at radius 3 is 1.45 bits per heavy atom. The van der Waals surface area contributed by atoms with Gasteiger partial charge in [-0.3, -0.25) is 14.5 Å². The smallest absolute Gasteiger partial charge is 0.131 e. The van der Waals surface area contributed by atoms with Crippen molar-refractivity contribution in [2.75, 3.05) is 41.2 Å². The molecule has 0 rings (SSSR count). The molecular formula is C12H29N3O7. The van der Waals surface area contributed by atoms with Crippen molar-refractivity contribution in [1.82, 2.24) is 0 Å². The summed E-state index contributed by atoms with van der Waals surface area (Å²) in [6, 6.07) is 0. The van der Waals surface area contributed by atoms with E-state index in [1.54, 1.807) is 0 Å². The van der Waals surface area contributed by atoms with Crippen molar-refractivity contribution in [2.45, 2.75) is 36.8 Å². The molecule has 0 spiro atoms. The highest BCUT2D eigenvalue weighted by Gasteiger charge is 2.42. The van der Waals surface area contributed by atoms with Gasteiger partial charge in [0.1, 0.15) is 23.9 Å². The Kier molecular flexibility index (Phi) is 11.9. The van der Waals surface area contributed by atoms with Crippen LogP contribution < -0.4 is 17.7 Å². The Morgan fingerprint density at radius 2 is 1.18 bits per heavy atom. The first-order valence-corrected chi connectivity index (χ1v) is 6.77. The second kappa shape index (κ2) is 12.1. The van der Waals surface area contributed by atoms with Crippen molar-refractivity contribution in [1.29, 1.82) is 0 Å². The first kappa shape index (κ1) is 21.6. The fourth-order valence-corrected chi connectivity index (χ4v) is 2.27. The molecule has 0 fully saturated rings. The van der Waals surface area contributed by atoms with Crippen LogP contribution in [0.2, 0.25) is 0 Å². The molecule has 3 unspecified atom stereocenters. The van der Waals surface area contributed by atoms with Crippen LogP contribution in [0.1, 0.15) is 12.8 Å². The molecule has 7 N–H and O–H groups in total. The highest BCUT2D eigenvalue weighted by atomic mass is 16.7. The quantitative estimate of drug-likeness (QED) is 0.269. The summed E-state index contributed by atoms with van der Waals surface area (Å²) in [6.07, 6.45) is -1.85. The Labute approximate surface area is 130 Å². The molecule has 22 heavy (non-hydrogen) atoms. The zero-order chi connectivity index (χ0) is 17.0. The number of hydrogen-bond donors (Lipinski definition) is 4. The van der Waals surface area contributed by atoms with Crippen molar-refractivity contribution in [3.05, 3.63) is 0 Å². The van der Waals surface area contributed by atoms with Crippen LogP contribution in [0.4, 0.5) is 0 Å². The minimum atomic E-state index is -1.48. The third-order valence-electron chi connectivity index (χ3n) is 3.33. The number of aliphatic hydroxyl groups is 1. The number of hydrogen-bond acceptors (Lipinski definition) is 10. The van der Waals surface area contributed by atoms with E-state index in [9.17, 15) is 5.11 Å². The zero-order valence-corrected chi connectivity index (χ0v) is 13.4. The molecule has 0 amide bonds. The summed E-state index contributed by atoms with van der Waals surface area (Å²) in [7, 11) is 4.45. The van der Waals surface area contributed by atoms with Crippen LogP contribution in [0.15, 0.2) is 0 Å². The van der Waals surface area contributed by atoms with Crippen LogP contribution in [0.3, 0.4) is 0 Å². The lowest BCUT2D eigenvalue weighted by molar-refractivity contribution is -0.178. The van der Waals surface area contributed by atoms with Crippen LogP contribution in [0.25, 0.3) is 0 Å².